The van der Waals surface area contributed by atoms with E-state index in [-0.39, 0.29) is 16.8 Å². The number of rotatable bonds is 6. The highest BCUT2D eigenvalue weighted by molar-refractivity contribution is 7.89. The molecule has 1 aliphatic carbocycles. The minimum atomic E-state index is -3.61. The summed E-state index contributed by atoms with van der Waals surface area (Å²) in [5, 5.41) is 2.87. The maximum absolute atomic E-state index is 13.0. The Morgan fingerprint density at radius 1 is 1.07 bits per heavy atom. The van der Waals surface area contributed by atoms with Crippen molar-refractivity contribution in [2.45, 2.75) is 56.5 Å². The average Bonchev–Trinajstić information content (AvgIpc) is 2.72. The van der Waals surface area contributed by atoms with Crippen LogP contribution in [-0.2, 0) is 16.6 Å². The van der Waals surface area contributed by atoms with Crippen LogP contribution in [0, 0.1) is 6.92 Å². The summed E-state index contributed by atoms with van der Waals surface area (Å²) < 4.78 is 27.5. The molecule has 1 amide bonds. The molecule has 0 aliphatic heterocycles. The third-order valence-electron chi connectivity index (χ3n) is 5.40. The topological polar surface area (TPSA) is 66.5 Å². The monoisotopic (exact) mass is 400 g/mol. The van der Waals surface area contributed by atoms with Gasteiger partial charge in [-0.15, -0.1) is 0 Å². The first kappa shape index (κ1) is 20.6. The molecule has 0 radical (unpaired) electrons. The molecule has 0 unspecified atom stereocenters. The second-order valence-corrected chi connectivity index (χ2v) is 9.51. The summed E-state index contributed by atoms with van der Waals surface area (Å²) in [6, 6.07) is 14.3. The van der Waals surface area contributed by atoms with E-state index in [0.29, 0.717) is 12.1 Å². The van der Waals surface area contributed by atoms with E-state index in [1.54, 1.807) is 25.2 Å². The lowest BCUT2D eigenvalue weighted by Crippen LogP contribution is -2.38. The van der Waals surface area contributed by atoms with Crippen LogP contribution >= 0.6 is 0 Å². The molecule has 1 saturated carbocycles. The Morgan fingerprint density at radius 2 is 1.79 bits per heavy atom. The number of nitrogens with one attached hydrogen (secondary N) is 1. The zero-order chi connectivity index (χ0) is 20.1. The van der Waals surface area contributed by atoms with Crippen LogP contribution in [0.25, 0.3) is 0 Å². The third kappa shape index (κ3) is 4.80. The van der Waals surface area contributed by atoms with E-state index in [1.807, 2.05) is 31.2 Å². The van der Waals surface area contributed by atoms with Crippen LogP contribution in [0.1, 0.15) is 53.6 Å². The van der Waals surface area contributed by atoms with Gasteiger partial charge in [0.25, 0.3) is 5.91 Å². The third-order valence-corrected chi connectivity index (χ3v) is 7.30. The summed E-state index contributed by atoms with van der Waals surface area (Å²) in [6.07, 6.45) is 5.08. The Labute approximate surface area is 167 Å². The van der Waals surface area contributed by atoms with Gasteiger partial charge in [-0.1, -0.05) is 55.2 Å². The Kier molecular flexibility index (Phi) is 6.52. The van der Waals surface area contributed by atoms with E-state index in [0.717, 1.165) is 36.8 Å². The summed E-state index contributed by atoms with van der Waals surface area (Å²) in [5.41, 5.74) is 2.49. The van der Waals surface area contributed by atoms with Crippen molar-refractivity contribution in [3.63, 3.8) is 0 Å². The van der Waals surface area contributed by atoms with Crippen molar-refractivity contribution in [2.24, 2.45) is 0 Å². The maximum Gasteiger partial charge on any atom is 0.251 e. The van der Waals surface area contributed by atoms with E-state index in [1.165, 1.54) is 16.8 Å². The lowest BCUT2D eigenvalue weighted by Gasteiger charge is -2.30. The first-order chi connectivity index (χ1) is 13.4. The smallest absolute Gasteiger partial charge is 0.251 e. The average molecular weight is 401 g/mol. The van der Waals surface area contributed by atoms with Gasteiger partial charge in [-0.05, 0) is 43.5 Å². The fourth-order valence-electron chi connectivity index (χ4n) is 3.71. The minimum Gasteiger partial charge on any atom is -0.348 e. The van der Waals surface area contributed by atoms with Gasteiger partial charge in [0, 0.05) is 25.2 Å². The molecule has 0 aromatic heterocycles. The summed E-state index contributed by atoms with van der Waals surface area (Å²) in [4.78, 5) is 12.7. The van der Waals surface area contributed by atoms with Crippen molar-refractivity contribution in [3.8, 4) is 0 Å². The van der Waals surface area contributed by atoms with Crippen LogP contribution in [0.3, 0.4) is 0 Å². The molecule has 2 aromatic carbocycles. The fraction of sp³-hybridized carbons (Fsp3) is 0.409. The molecule has 3 rings (SSSR count). The Balaban J connectivity index is 1.72. The zero-order valence-corrected chi connectivity index (χ0v) is 17.3. The normalized spacial score (nSPS) is 15.5. The Hall–Kier alpha value is -2.18. The number of carbonyl (C=O) groups excluding carboxylic acids is 1. The van der Waals surface area contributed by atoms with Crippen LogP contribution in [0.2, 0.25) is 0 Å². The van der Waals surface area contributed by atoms with Crippen molar-refractivity contribution in [1.29, 1.82) is 0 Å². The molecule has 0 heterocycles. The fourth-order valence-corrected chi connectivity index (χ4v) is 5.17. The molecule has 0 spiro atoms. The summed E-state index contributed by atoms with van der Waals surface area (Å²) in [6.45, 7) is 2.40. The van der Waals surface area contributed by atoms with Gasteiger partial charge in [-0.25, -0.2) is 8.42 Å². The van der Waals surface area contributed by atoms with Gasteiger partial charge in [0.2, 0.25) is 10.0 Å². The molecule has 0 atom stereocenters. The second kappa shape index (κ2) is 8.88. The van der Waals surface area contributed by atoms with E-state index < -0.39 is 10.0 Å². The molecular formula is C22H28N2O3S. The number of nitrogens with zero attached hydrogens (tertiary/aromatic N) is 1. The molecule has 28 heavy (non-hydrogen) atoms. The minimum absolute atomic E-state index is 0.0394. The van der Waals surface area contributed by atoms with Crippen molar-refractivity contribution in [3.05, 3.63) is 65.2 Å². The molecule has 1 N–H and O–H groups in total. The predicted octanol–water partition coefficient (Wildman–Crippen LogP) is 3.88. The van der Waals surface area contributed by atoms with Crippen molar-refractivity contribution in [2.75, 3.05) is 7.05 Å². The van der Waals surface area contributed by atoms with E-state index >= 15 is 0 Å². The quantitative estimate of drug-likeness (QED) is 0.800. The second-order valence-electron chi connectivity index (χ2n) is 7.51. The summed E-state index contributed by atoms with van der Waals surface area (Å²) in [7, 11) is -1.97. The molecule has 150 valence electrons. The van der Waals surface area contributed by atoms with Crippen molar-refractivity contribution in [1.82, 2.24) is 9.62 Å². The standard InChI is InChI=1S/C22H28N2O3S/c1-17-8-6-9-18(14-17)16-23-22(25)19-10-7-13-21(15-19)28(26,27)24(2)20-11-4-3-5-12-20/h6-10,13-15,20H,3-5,11-12,16H2,1-2H3,(H,23,25). The molecule has 1 aliphatic rings. The van der Waals surface area contributed by atoms with Gasteiger partial charge in [0.05, 0.1) is 4.90 Å². The van der Waals surface area contributed by atoms with Crippen LogP contribution in [0.4, 0.5) is 0 Å². The highest BCUT2D eigenvalue weighted by Crippen LogP contribution is 2.26. The predicted molar refractivity (Wildman–Crippen MR) is 111 cm³/mol. The lowest BCUT2D eigenvalue weighted by atomic mass is 9.96. The molecule has 2 aromatic rings. The number of amides is 1. The number of sulfonamides is 1. The molecular weight excluding hydrogens is 372 g/mol. The molecule has 0 saturated heterocycles. The molecule has 5 nitrogen and oxygen atoms in total. The number of carbonyl (C=O) groups is 1. The Bertz CT molecular complexity index is 934. The highest BCUT2D eigenvalue weighted by Gasteiger charge is 2.29. The highest BCUT2D eigenvalue weighted by atomic mass is 32.2. The number of benzene rings is 2. The first-order valence-corrected chi connectivity index (χ1v) is 11.2. The molecule has 0 bridgehead atoms. The largest absolute Gasteiger partial charge is 0.348 e. The molecule has 6 heteroatoms. The van der Waals surface area contributed by atoms with Gasteiger partial charge in [-0.2, -0.15) is 4.31 Å². The zero-order valence-electron chi connectivity index (χ0n) is 16.5. The Morgan fingerprint density at radius 3 is 2.50 bits per heavy atom. The van der Waals surface area contributed by atoms with Crippen LogP contribution in [0.5, 0.6) is 0 Å². The van der Waals surface area contributed by atoms with E-state index in [9.17, 15) is 13.2 Å². The molecule has 1 fully saturated rings. The van der Waals surface area contributed by atoms with Gasteiger partial charge < -0.3 is 5.32 Å². The summed E-state index contributed by atoms with van der Waals surface area (Å²) in [5.74, 6) is -0.279. The van der Waals surface area contributed by atoms with Gasteiger partial charge in [0.15, 0.2) is 0 Å². The first-order valence-electron chi connectivity index (χ1n) is 9.80. The van der Waals surface area contributed by atoms with Crippen molar-refractivity contribution >= 4 is 15.9 Å². The SMILES string of the molecule is Cc1cccc(CNC(=O)c2cccc(S(=O)(=O)N(C)C3CCCCC3)c2)c1. The van der Waals surface area contributed by atoms with Gasteiger partial charge >= 0.3 is 0 Å². The van der Waals surface area contributed by atoms with Crippen LogP contribution < -0.4 is 5.32 Å². The summed E-state index contributed by atoms with van der Waals surface area (Å²) >= 11 is 0. The number of hydrogen-bond acceptors (Lipinski definition) is 3. The van der Waals surface area contributed by atoms with E-state index in [4.69, 9.17) is 0 Å². The van der Waals surface area contributed by atoms with E-state index in [2.05, 4.69) is 5.32 Å². The maximum atomic E-state index is 13.0. The number of hydrogen-bond donors (Lipinski definition) is 1. The van der Waals surface area contributed by atoms with Gasteiger partial charge in [0.1, 0.15) is 0 Å². The van der Waals surface area contributed by atoms with Crippen molar-refractivity contribution < 1.29 is 13.2 Å². The van der Waals surface area contributed by atoms with Crippen LogP contribution in [-0.4, -0.2) is 31.7 Å². The lowest BCUT2D eigenvalue weighted by molar-refractivity contribution is 0.0950. The number of aryl methyl sites for hydroxylation is 1. The van der Waals surface area contributed by atoms with Gasteiger partial charge in [-0.3, -0.25) is 4.79 Å². The van der Waals surface area contributed by atoms with Crippen LogP contribution in [0.15, 0.2) is 53.4 Å².